The molecule has 1 aromatic carbocycles. The summed E-state index contributed by atoms with van der Waals surface area (Å²) >= 11 is 0. The zero-order valence-electron chi connectivity index (χ0n) is 10.8. The van der Waals surface area contributed by atoms with Gasteiger partial charge in [-0.15, -0.1) is 0 Å². The molecule has 1 unspecified atom stereocenters. The third-order valence-corrected chi connectivity index (χ3v) is 2.67. The number of nitrogens with zero attached hydrogens (tertiary/aromatic N) is 1. The Labute approximate surface area is 107 Å². The predicted molar refractivity (Wildman–Crippen MR) is 70.1 cm³/mol. The van der Waals surface area contributed by atoms with E-state index in [0.717, 1.165) is 5.56 Å². The van der Waals surface area contributed by atoms with Gasteiger partial charge in [-0.05, 0) is 11.6 Å². The highest BCUT2D eigenvalue weighted by atomic mass is 16.5. The topological polar surface area (TPSA) is 75.8 Å². The van der Waals surface area contributed by atoms with Crippen molar-refractivity contribution in [2.45, 2.75) is 12.5 Å². The van der Waals surface area contributed by atoms with Crippen LogP contribution in [0.3, 0.4) is 0 Å². The molecule has 0 spiro atoms. The van der Waals surface area contributed by atoms with Crippen LogP contribution in [-0.4, -0.2) is 49.3 Å². The van der Waals surface area contributed by atoms with E-state index in [1.54, 1.807) is 13.1 Å². The lowest BCUT2D eigenvalue weighted by Gasteiger charge is -2.20. The Balaban J connectivity index is 2.52. The minimum atomic E-state index is -0.669. The Morgan fingerprint density at radius 3 is 2.78 bits per heavy atom. The quantitative estimate of drug-likeness (QED) is 0.713. The number of nitrogen functional groups attached to an aromatic ring is 1. The molecule has 5 nitrogen and oxygen atoms in total. The van der Waals surface area contributed by atoms with Crippen LogP contribution in [0.4, 0.5) is 5.69 Å². The van der Waals surface area contributed by atoms with Crippen molar-refractivity contribution in [1.29, 1.82) is 0 Å². The molecule has 1 rings (SSSR count). The van der Waals surface area contributed by atoms with E-state index in [1.807, 2.05) is 18.2 Å². The number of carbonyl (C=O) groups is 1. The van der Waals surface area contributed by atoms with Gasteiger partial charge in [0.2, 0.25) is 5.91 Å². The highest BCUT2D eigenvalue weighted by Crippen LogP contribution is 2.12. The molecule has 0 radical (unpaired) electrons. The van der Waals surface area contributed by atoms with Crippen molar-refractivity contribution >= 4 is 11.6 Å². The Morgan fingerprint density at radius 2 is 2.17 bits per heavy atom. The number of aliphatic hydroxyl groups excluding tert-OH is 1. The highest BCUT2D eigenvalue weighted by Gasteiger charge is 2.14. The number of ether oxygens (including phenoxy) is 1. The van der Waals surface area contributed by atoms with Gasteiger partial charge in [0.25, 0.3) is 0 Å². The first-order chi connectivity index (χ1) is 8.54. The number of aliphatic hydroxyl groups is 1. The van der Waals surface area contributed by atoms with Gasteiger partial charge in [0.1, 0.15) is 0 Å². The summed E-state index contributed by atoms with van der Waals surface area (Å²) in [6, 6.07) is 7.27. The van der Waals surface area contributed by atoms with E-state index in [2.05, 4.69) is 0 Å². The van der Waals surface area contributed by atoms with Gasteiger partial charge in [0, 0.05) is 26.4 Å². The van der Waals surface area contributed by atoms with Crippen LogP contribution in [0.25, 0.3) is 0 Å². The molecular weight excluding hydrogens is 232 g/mol. The lowest BCUT2D eigenvalue weighted by atomic mass is 10.1. The Hall–Kier alpha value is -1.59. The molecular formula is C13H20N2O3. The predicted octanol–water partition coefficient (Wildman–Crippen LogP) is 0.277. The minimum absolute atomic E-state index is 0.0805. The van der Waals surface area contributed by atoms with Crippen molar-refractivity contribution in [2.75, 3.05) is 33.0 Å². The summed E-state index contributed by atoms with van der Waals surface area (Å²) in [6.45, 7) is 0.463. The van der Waals surface area contributed by atoms with Crippen LogP contribution in [0.1, 0.15) is 5.56 Å². The largest absolute Gasteiger partial charge is 0.398 e. The van der Waals surface area contributed by atoms with Crippen LogP contribution in [0.5, 0.6) is 0 Å². The molecule has 0 fully saturated rings. The summed E-state index contributed by atoms with van der Waals surface area (Å²) < 4.78 is 4.81. The van der Waals surface area contributed by atoms with E-state index in [0.29, 0.717) is 5.69 Å². The smallest absolute Gasteiger partial charge is 0.226 e. The Morgan fingerprint density at radius 1 is 1.50 bits per heavy atom. The number of likely N-dealkylation sites (N-methyl/N-ethyl adjacent to an activating group) is 1. The van der Waals surface area contributed by atoms with E-state index in [-0.39, 0.29) is 25.5 Å². The molecule has 1 atom stereocenters. The second kappa shape index (κ2) is 6.98. The van der Waals surface area contributed by atoms with E-state index >= 15 is 0 Å². The van der Waals surface area contributed by atoms with Crippen molar-refractivity contribution in [1.82, 2.24) is 4.90 Å². The monoisotopic (exact) mass is 252 g/mol. The van der Waals surface area contributed by atoms with Crippen LogP contribution in [0, 0.1) is 0 Å². The number of hydrogen-bond acceptors (Lipinski definition) is 4. The van der Waals surface area contributed by atoms with Crippen molar-refractivity contribution in [3.8, 4) is 0 Å². The molecule has 1 amide bonds. The Bertz CT molecular complexity index is 396. The number of carbonyl (C=O) groups excluding carboxylic acids is 1. The molecule has 0 heterocycles. The lowest BCUT2D eigenvalue weighted by Crippen LogP contribution is -2.37. The second-order valence-corrected chi connectivity index (χ2v) is 4.26. The van der Waals surface area contributed by atoms with Crippen LogP contribution in [0.15, 0.2) is 24.3 Å². The maximum Gasteiger partial charge on any atom is 0.226 e. The van der Waals surface area contributed by atoms with Crippen molar-refractivity contribution in [2.24, 2.45) is 0 Å². The van der Waals surface area contributed by atoms with E-state index < -0.39 is 6.10 Å². The van der Waals surface area contributed by atoms with Gasteiger partial charge in [-0.3, -0.25) is 4.79 Å². The summed E-state index contributed by atoms with van der Waals surface area (Å²) in [4.78, 5) is 13.4. The number of amides is 1. The third kappa shape index (κ3) is 4.35. The fourth-order valence-corrected chi connectivity index (χ4v) is 1.66. The van der Waals surface area contributed by atoms with Crippen molar-refractivity contribution < 1.29 is 14.6 Å². The molecule has 0 saturated carbocycles. The van der Waals surface area contributed by atoms with Crippen LogP contribution in [-0.2, 0) is 16.0 Å². The van der Waals surface area contributed by atoms with E-state index in [9.17, 15) is 9.90 Å². The fourth-order valence-electron chi connectivity index (χ4n) is 1.66. The summed E-state index contributed by atoms with van der Waals surface area (Å²) in [5, 5.41) is 9.55. The maximum atomic E-state index is 11.9. The van der Waals surface area contributed by atoms with E-state index in [4.69, 9.17) is 10.5 Å². The summed E-state index contributed by atoms with van der Waals surface area (Å²) in [7, 11) is 3.16. The normalized spacial score (nSPS) is 12.2. The number of para-hydroxylation sites is 1. The third-order valence-electron chi connectivity index (χ3n) is 2.67. The van der Waals surface area contributed by atoms with Gasteiger partial charge in [0.05, 0.1) is 19.1 Å². The van der Waals surface area contributed by atoms with Gasteiger partial charge in [0.15, 0.2) is 0 Å². The summed E-state index contributed by atoms with van der Waals surface area (Å²) in [5.74, 6) is -0.0805. The number of hydrogen-bond donors (Lipinski definition) is 2. The highest BCUT2D eigenvalue weighted by molar-refractivity contribution is 5.80. The van der Waals surface area contributed by atoms with Gasteiger partial charge >= 0.3 is 0 Å². The maximum absolute atomic E-state index is 11.9. The van der Waals surface area contributed by atoms with Crippen molar-refractivity contribution in [3.63, 3.8) is 0 Å². The summed E-state index contributed by atoms with van der Waals surface area (Å²) in [5.41, 5.74) is 7.19. The number of benzene rings is 1. The number of methoxy groups -OCH3 is 1. The fraction of sp³-hybridized carbons (Fsp3) is 0.462. The average Bonchev–Trinajstić information content (AvgIpc) is 2.32. The standard InChI is InChI=1S/C13H20N2O3/c1-15(8-11(16)9-18-2)13(17)7-10-5-3-4-6-12(10)14/h3-6,11,16H,7-9,14H2,1-2H3. The first-order valence-electron chi connectivity index (χ1n) is 5.79. The number of anilines is 1. The molecule has 5 heteroatoms. The molecule has 0 aliphatic rings. The molecule has 18 heavy (non-hydrogen) atoms. The van der Waals surface area contributed by atoms with E-state index in [1.165, 1.54) is 12.0 Å². The minimum Gasteiger partial charge on any atom is -0.398 e. The molecule has 3 N–H and O–H groups in total. The molecule has 0 aliphatic carbocycles. The number of nitrogens with two attached hydrogens (primary N) is 1. The first-order valence-corrected chi connectivity index (χ1v) is 5.79. The van der Waals surface area contributed by atoms with Gasteiger partial charge in [-0.1, -0.05) is 18.2 Å². The first kappa shape index (κ1) is 14.5. The van der Waals surface area contributed by atoms with Gasteiger partial charge < -0.3 is 20.5 Å². The SMILES string of the molecule is COCC(O)CN(C)C(=O)Cc1ccccc1N. The van der Waals surface area contributed by atoms with Crippen molar-refractivity contribution in [3.05, 3.63) is 29.8 Å². The molecule has 0 aromatic heterocycles. The zero-order valence-corrected chi connectivity index (χ0v) is 10.8. The molecule has 0 bridgehead atoms. The molecule has 1 aromatic rings. The lowest BCUT2D eigenvalue weighted by molar-refractivity contribution is -0.130. The van der Waals surface area contributed by atoms with Crippen LogP contribution in [0.2, 0.25) is 0 Å². The molecule has 100 valence electrons. The molecule has 0 aliphatic heterocycles. The van der Waals surface area contributed by atoms with Crippen LogP contribution < -0.4 is 5.73 Å². The second-order valence-electron chi connectivity index (χ2n) is 4.26. The van der Waals surface area contributed by atoms with Crippen LogP contribution >= 0.6 is 0 Å². The van der Waals surface area contributed by atoms with Gasteiger partial charge in [-0.25, -0.2) is 0 Å². The Kier molecular flexibility index (Phi) is 5.61. The summed E-state index contributed by atoms with van der Waals surface area (Å²) in [6.07, 6.45) is -0.430. The average molecular weight is 252 g/mol. The zero-order chi connectivity index (χ0) is 13.5. The van der Waals surface area contributed by atoms with Gasteiger partial charge in [-0.2, -0.15) is 0 Å². The molecule has 0 saturated heterocycles. The number of rotatable bonds is 6.